The van der Waals surface area contributed by atoms with E-state index in [4.69, 9.17) is 4.74 Å². The molecule has 1 amide bonds. The van der Waals surface area contributed by atoms with E-state index in [1.807, 2.05) is 7.05 Å². The number of halogens is 2. The third-order valence-electron chi connectivity index (χ3n) is 3.22. The summed E-state index contributed by atoms with van der Waals surface area (Å²) in [6, 6.07) is 3.86. The fraction of sp³-hybridized carbons (Fsp3) is 0.538. The quantitative estimate of drug-likeness (QED) is 0.913. The van der Waals surface area contributed by atoms with E-state index in [0.29, 0.717) is 5.75 Å². The van der Waals surface area contributed by atoms with Gasteiger partial charge >= 0.3 is 0 Å². The van der Waals surface area contributed by atoms with Crippen LogP contribution in [0.4, 0.5) is 0 Å². The lowest BCUT2D eigenvalue weighted by molar-refractivity contribution is -0.138. The molecule has 2 rings (SSSR count). The summed E-state index contributed by atoms with van der Waals surface area (Å²) in [5.74, 6) is 0.629. The minimum Gasteiger partial charge on any atom is -0.479 e. The molecule has 1 fully saturated rings. The van der Waals surface area contributed by atoms with Crippen LogP contribution in [0.15, 0.2) is 24.5 Å². The molecule has 1 aromatic heterocycles. The van der Waals surface area contributed by atoms with Gasteiger partial charge < -0.3 is 15.0 Å². The molecular weight excluding hydrogens is 301 g/mol. The van der Waals surface area contributed by atoms with Gasteiger partial charge in [0.25, 0.3) is 5.91 Å². The van der Waals surface area contributed by atoms with Gasteiger partial charge in [-0.3, -0.25) is 9.78 Å². The number of carbonyl (C=O) groups is 1. The molecule has 0 aromatic carbocycles. The monoisotopic (exact) mass is 321 g/mol. The Kier molecular flexibility index (Phi) is 8.53. The normalized spacial score (nSPS) is 18.4. The molecule has 0 radical (unpaired) electrons. The molecule has 7 heteroatoms. The van der Waals surface area contributed by atoms with Crippen LogP contribution < -0.4 is 10.1 Å². The molecule has 2 heterocycles. The van der Waals surface area contributed by atoms with E-state index < -0.39 is 6.10 Å². The Hall–Kier alpha value is -1.04. The summed E-state index contributed by atoms with van der Waals surface area (Å²) < 4.78 is 5.58. The van der Waals surface area contributed by atoms with Gasteiger partial charge in [0, 0.05) is 25.8 Å². The Morgan fingerprint density at radius 2 is 2.30 bits per heavy atom. The second-order valence-electron chi connectivity index (χ2n) is 4.54. The Morgan fingerprint density at radius 1 is 1.55 bits per heavy atom. The number of pyridine rings is 1. The number of amides is 1. The molecule has 5 nitrogen and oxygen atoms in total. The highest BCUT2D eigenvalue weighted by Crippen LogP contribution is 2.13. The van der Waals surface area contributed by atoms with Gasteiger partial charge in [0.05, 0.1) is 6.20 Å². The molecule has 114 valence electrons. The molecule has 1 aliphatic heterocycles. The summed E-state index contributed by atoms with van der Waals surface area (Å²) in [6.45, 7) is 3.61. The number of nitrogens with one attached hydrogen (secondary N) is 1. The fourth-order valence-corrected chi connectivity index (χ4v) is 2.11. The highest BCUT2D eigenvalue weighted by Gasteiger charge is 2.27. The number of aromatic nitrogens is 1. The van der Waals surface area contributed by atoms with Crippen LogP contribution in [0.25, 0.3) is 0 Å². The first kappa shape index (κ1) is 19.0. The van der Waals surface area contributed by atoms with Crippen LogP contribution in [0.1, 0.15) is 13.3 Å². The maximum absolute atomic E-state index is 12.2. The van der Waals surface area contributed by atoms with Crippen molar-refractivity contribution in [3.63, 3.8) is 0 Å². The van der Waals surface area contributed by atoms with E-state index in [9.17, 15) is 4.79 Å². The van der Waals surface area contributed by atoms with Crippen LogP contribution >= 0.6 is 24.8 Å². The Labute approximate surface area is 131 Å². The Morgan fingerprint density at radius 3 is 2.85 bits per heavy atom. The third kappa shape index (κ3) is 4.81. The Bertz CT molecular complexity index is 400. The molecule has 0 bridgehead atoms. The van der Waals surface area contributed by atoms with Gasteiger partial charge in [0.15, 0.2) is 6.10 Å². The molecule has 0 aliphatic carbocycles. The van der Waals surface area contributed by atoms with Gasteiger partial charge in [-0.2, -0.15) is 0 Å². The third-order valence-corrected chi connectivity index (χ3v) is 3.22. The predicted molar refractivity (Wildman–Crippen MR) is 82.9 cm³/mol. The van der Waals surface area contributed by atoms with Gasteiger partial charge in [0.1, 0.15) is 5.75 Å². The zero-order valence-corrected chi connectivity index (χ0v) is 13.2. The van der Waals surface area contributed by atoms with Crippen LogP contribution in [0, 0.1) is 0 Å². The Balaban J connectivity index is 0.00000180. The van der Waals surface area contributed by atoms with Crippen molar-refractivity contribution in [1.82, 2.24) is 15.2 Å². The van der Waals surface area contributed by atoms with Crippen molar-refractivity contribution >= 4 is 30.7 Å². The SMILES string of the molecule is CC(Oc1cccnc1)C(=O)N(C)C1CCNC1.Cl.Cl. The molecule has 2 atom stereocenters. The van der Waals surface area contributed by atoms with Crippen molar-refractivity contribution in [3.8, 4) is 5.75 Å². The fourth-order valence-electron chi connectivity index (χ4n) is 2.11. The zero-order chi connectivity index (χ0) is 13.0. The van der Waals surface area contributed by atoms with Crippen LogP contribution in [0.3, 0.4) is 0 Å². The van der Waals surface area contributed by atoms with E-state index in [1.165, 1.54) is 0 Å². The lowest BCUT2D eigenvalue weighted by Gasteiger charge is -2.26. The number of carbonyl (C=O) groups excluding carboxylic acids is 1. The van der Waals surface area contributed by atoms with Crippen molar-refractivity contribution in [2.75, 3.05) is 20.1 Å². The minimum absolute atomic E-state index is 0. The molecule has 1 aromatic rings. The maximum Gasteiger partial charge on any atom is 0.263 e. The second kappa shape index (κ2) is 9.00. The standard InChI is InChI=1S/C13H19N3O2.2ClH/c1-10(18-12-4-3-6-14-9-12)13(17)16(2)11-5-7-15-8-11;;/h3-4,6,9-11,15H,5,7-8H2,1-2H3;2*1H. The number of likely N-dealkylation sites (N-methyl/N-ethyl adjacent to an activating group) is 1. The van der Waals surface area contributed by atoms with E-state index in [2.05, 4.69) is 10.3 Å². The first-order valence-electron chi connectivity index (χ1n) is 6.22. The number of hydrogen-bond acceptors (Lipinski definition) is 4. The molecule has 0 saturated carbocycles. The topological polar surface area (TPSA) is 54.5 Å². The number of ether oxygens (including phenoxy) is 1. The summed E-state index contributed by atoms with van der Waals surface area (Å²) in [7, 11) is 1.84. The number of nitrogens with zero attached hydrogens (tertiary/aromatic N) is 2. The zero-order valence-electron chi connectivity index (χ0n) is 11.6. The molecule has 20 heavy (non-hydrogen) atoms. The number of hydrogen-bond donors (Lipinski definition) is 1. The van der Waals surface area contributed by atoms with Crippen LogP contribution in [0.5, 0.6) is 5.75 Å². The van der Waals surface area contributed by atoms with Gasteiger partial charge in [-0.05, 0) is 32.0 Å². The minimum atomic E-state index is -0.486. The number of rotatable bonds is 4. The largest absolute Gasteiger partial charge is 0.479 e. The van der Waals surface area contributed by atoms with Crippen LogP contribution in [0.2, 0.25) is 0 Å². The molecule has 2 unspecified atom stereocenters. The predicted octanol–water partition coefficient (Wildman–Crippen LogP) is 1.51. The molecule has 1 N–H and O–H groups in total. The van der Waals surface area contributed by atoms with Gasteiger partial charge in [-0.1, -0.05) is 0 Å². The van der Waals surface area contributed by atoms with Crippen molar-refractivity contribution < 1.29 is 9.53 Å². The van der Waals surface area contributed by atoms with Crippen molar-refractivity contribution in [1.29, 1.82) is 0 Å². The van der Waals surface area contributed by atoms with Crippen molar-refractivity contribution in [2.24, 2.45) is 0 Å². The van der Waals surface area contributed by atoms with Crippen molar-refractivity contribution in [2.45, 2.75) is 25.5 Å². The summed E-state index contributed by atoms with van der Waals surface area (Å²) in [6.07, 6.45) is 3.80. The highest BCUT2D eigenvalue weighted by atomic mass is 35.5. The first-order chi connectivity index (χ1) is 8.68. The van der Waals surface area contributed by atoms with Gasteiger partial charge in [0.2, 0.25) is 0 Å². The van der Waals surface area contributed by atoms with E-state index >= 15 is 0 Å². The lowest BCUT2D eigenvalue weighted by Crippen LogP contribution is -2.44. The molecule has 0 spiro atoms. The summed E-state index contributed by atoms with van der Waals surface area (Å²) in [5, 5.41) is 3.25. The molecular formula is C13H21Cl2N3O2. The smallest absolute Gasteiger partial charge is 0.263 e. The summed E-state index contributed by atoms with van der Waals surface area (Å²) >= 11 is 0. The van der Waals surface area contributed by atoms with Crippen LogP contribution in [-0.4, -0.2) is 48.1 Å². The molecule has 1 saturated heterocycles. The summed E-state index contributed by atoms with van der Waals surface area (Å²) in [5.41, 5.74) is 0. The maximum atomic E-state index is 12.2. The first-order valence-corrected chi connectivity index (χ1v) is 6.22. The van der Waals surface area contributed by atoms with Gasteiger partial charge in [-0.15, -0.1) is 24.8 Å². The second-order valence-corrected chi connectivity index (χ2v) is 4.54. The average Bonchev–Trinajstić information content (AvgIpc) is 2.92. The highest BCUT2D eigenvalue weighted by molar-refractivity contribution is 5.85. The van der Waals surface area contributed by atoms with E-state index in [0.717, 1.165) is 19.5 Å². The van der Waals surface area contributed by atoms with Crippen molar-refractivity contribution in [3.05, 3.63) is 24.5 Å². The van der Waals surface area contributed by atoms with E-state index in [1.54, 1.807) is 36.4 Å². The van der Waals surface area contributed by atoms with Gasteiger partial charge in [-0.25, -0.2) is 0 Å². The van der Waals surface area contributed by atoms with Crippen LogP contribution in [-0.2, 0) is 4.79 Å². The average molecular weight is 322 g/mol. The molecule has 1 aliphatic rings. The summed E-state index contributed by atoms with van der Waals surface area (Å²) in [4.78, 5) is 17.9. The van der Waals surface area contributed by atoms with E-state index in [-0.39, 0.29) is 36.8 Å². The lowest BCUT2D eigenvalue weighted by atomic mass is 10.2.